The molecule has 1 aromatic rings. The summed E-state index contributed by atoms with van der Waals surface area (Å²) in [5.74, 6) is -0.406. The second kappa shape index (κ2) is 3.87. The van der Waals surface area contributed by atoms with E-state index in [-0.39, 0.29) is 0 Å². The number of carbonyl (C=O) groups excluding carboxylic acids is 1. The number of hydrogen-bond donors (Lipinski definition) is 2. The van der Waals surface area contributed by atoms with Crippen molar-refractivity contribution in [2.75, 3.05) is 7.11 Å². The van der Waals surface area contributed by atoms with Crippen LogP contribution in [0.1, 0.15) is 5.56 Å². The topological polar surface area (TPSA) is 81.0 Å². The Labute approximate surface area is 69.9 Å². The number of methoxy groups -OCH3 is 1. The van der Waals surface area contributed by atoms with Gasteiger partial charge in [-0.15, -0.1) is 0 Å². The molecule has 1 atom stereocenters. The quantitative estimate of drug-likeness (QED) is 0.595. The van der Waals surface area contributed by atoms with E-state index in [1.54, 1.807) is 12.4 Å². The molecular weight excluding hydrogens is 158 g/mol. The van der Waals surface area contributed by atoms with Gasteiger partial charge in [-0.25, -0.2) is 0 Å². The summed E-state index contributed by atoms with van der Waals surface area (Å²) in [6.07, 6.45) is 3.77. The van der Waals surface area contributed by atoms with Crippen molar-refractivity contribution in [1.29, 1.82) is 0 Å². The molecule has 0 radical (unpaired) electrons. The third kappa shape index (κ3) is 2.06. The number of aromatic nitrogens is 2. The summed E-state index contributed by atoms with van der Waals surface area (Å²) >= 11 is 0. The fourth-order valence-electron chi connectivity index (χ4n) is 0.878. The molecule has 0 aliphatic carbocycles. The smallest absolute Gasteiger partial charge is 0.322 e. The maximum Gasteiger partial charge on any atom is 0.322 e. The van der Waals surface area contributed by atoms with E-state index in [9.17, 15) is 4.79 Å². The molecule has 1 rings (SSSR count). The van der Waals surface area contributed by atoms with Gasteiger partial charge in [0.05, 0.1) is 13.3 Å². The first-order valence-corrected chi connectivity index (χ1v) is 3.55. The van der Waals surface area contributed by atoms with Crippen LogP contribution in [0.25, 0.3) is 0 Å². The largest absolute Gasteiger partial charge is 0.468 e. The number of nitrogens with zero attached hydrogens (tertiary/aromatic N) is 1. The summed E-state index contributed by atoms with van der Waals surface area (Å²) in [5.41, 5.74) is 6.40. The van der Waals surface area contributed by atoms with Gasteiger partial charge in [-0.3, -0.25) is 9.89 Å². The van der Waals surface area contributed by atoms with E-state index in [0.717, 1.165) is 5.56 Å². The summed E-state index contributed by atoms with van der Waals surface area (Å²) in [6, 6.07) is -0.604. The molecule has 1 aromatic heterocycles. The second-order valence-corrected chi connectivity index (χ2v) is 2.44. The van der Waals surface area contributed by atoms with Gasteiger partial charge >= 0.3 is 5.97 Å². The minimum absolute atomic E-state index is 0.406. The molecule has 0 spiro atoms. The molecule has 5 nitrogen and oxygen atoms in total. The molecule has 12 heavy (non-hydrogen) atoms. The molecule has 3 N–H and O–H groups in total. The molecule has 0 aromatic carbocycles. The van der Waals surface area contributed by atoms with Crippen molar-refractivity contribution in [2.45, 2.75) is 12.5 Å². The van der Waals surface area contributed by atoms with Crippen LogP contribution in [0.3, 0.4) is 0 Å². The highest BCUT2D eigenvalue weighted by Crippen LogP contribution is 1.99. The van der Waals surface area contributed by atoms with Crippen molar-refractivity contribution < 1.29 is 9.53 Å². The van der Waals surface area contributed by atoms with E-state index in [0.29, 0.717) is 6.42 Å². The van der Waals surface area contributed by atoms with Gasteiger partial charge < -0.3 is 10.5 Å². The number of nitrogens with one attached hydrogen (secondary N) is 1. The molecule has 0 aliphatic rings. The van der Waals surface area contributed by atoms with Crippen LogP contribution in [-0.4, -0.2) is 29.3 Å². The van der Waals surface area contributed by atoms with Gasteiger partial charge in [-0.2, -0.15) is 5.10 Å². The summed E-state index contributed by atoms with van der Waals surface area (Å²) in [6.45, 7) is 0. The van der Waals surface area contributed by atoms with Crippen molar-refractivity contribution in [3.05, 3.63) is 18.0 Å². The Kier molecular flexibility index (Phi) is 2.82. The predicted octanol–water partition coefficient (Wildman–Crippen LogP) is -0.548. The van der Waals surface area contributed by atoms with Crippen LogP contribution in [-0.2, 0) is 16.0 Å². The number of rotatable bonds is 3. The lowest BCUT2D eigenvalue weighted by Gasteiger charge is -2.06. The molecule has 66 valence electrons. The van der Waals surface area contributed by atoms with Crippen LogP contribution in [0.5, 0.6) is 0 Å². The SMILES string of the molecule is COC(=O)[C@@H](N)Cc1cn[nH]c1. The average Bonchev–Trinajstić information content (AvgIpc) is 2.55. The number of hydrogen-bond acceptors (Lipinski definition) is 4. The van der Waals surface area contributed by atoms with E-state index in [1.807, 2.05) is 0 Å². The Hall–Kier alpha value is -1.36. The molecule has 0 fully saturated rings. The van der Waals surface area contributed by atoms with Gasteiger partial charge in [0, 0.05) is 12.6 Å². The average molecular weight is 169 g/mol. The van der Waals surface area contributed by atoms with Crippen molar-refractivity contribution in [1.82, 2.24) is 10.2 Å². The van der Waals surface area contributed by atoms with Crippen LogP contribution < -0.4 is 5.73 Å². The fourth-order valence-corrected chi connectivity index (χ4v) is 0.878. The van der Waals surface area contributed by atoms with Crippen LogP contribution in [0.2, 0.25) is 0 Å². The Morgan fingerprint density at radius 1 is 1.92 bits per heavy atom. The van der Waals surface area contributed by atoms with E-state index in [1.165, 1.54) is 7.11 Å². The van der Waals surface area contributed by atoms with Gasteiger partial charge in [-0.05, 0) is 5.56 Å². The third-order valence-electron chi connectivity index (χ3n) is 1.51. The number of carbonyl (C=O) groups is 1. The van der Waals surface area contributed by atoms with E-state index in [2.05, 4.69) is 14.9 Å². The van der Waals surface area contributed by atoms with Crippen LogP contribution in [0, 0.1) is 0 Å². The molecule has 5 heteroatoms. The predicted molar refractivity (Wildman–Crippen MR) is 42.3 cm³/mol. The first kappa shape index (κ1) is 8.73. The lowest BCUT2D eigenvalue weighted by atomic mass is 10.1. The normalized spacial score (nSPS) is 12.5. The first-order chi connectivity index (χ1) is 5.74. The molecule has 0 amide bonds. The molecule has 0 aliphatic heterocycles. The molecule has 0 bridgehead atoms. The zero-order chi connectivity index (χ0) is 8.97. The first-order valence-electron chi connectivity index (χ1n) is 3.55. The molecule has 0 saturated carbocycles. The molecule has 0 unspecified atom stereocenters. The van der Waals surface area contributed by atoms with Gasteiger partial charge in [0.1, 0.15) is 6.04 Å². The van der Waals surface area contributed by atoms with Crippen LogP contribution >= 0.6 is 0 Å². The number of esters is 1. The zero-order valence-electron chi connectivity index (χ0n) is 6.78. The zero-order valence-corrected chi connectivity index (χ0v) is 6.78. The van der Waals surface area contributed by atoms with E-state index >= 15 is 0 Å². The van der Waals surface area contributed by atoms with Crippen molar-refractivity contribution in [3.8, 4) is 0 Å². The maximum atomic E-state index is 10.9. The van der Waals surface area contributed by atoms with Gasteiger partial charge in [0.2, 0.25) is 0 Å². The second-order valence-electron chi connectivity index (χ2n) is 2.44. The molecular formula is C7H11N3O2. The molecule has 0 saturated heterocycles. The third-order valence-corrected chi connectivity index (χ3v) is 1.51. The van der Waals surface area contributed by atoms with E-state index in [4.69, 9.17) is 5.73 Å². The minimum atomic E-state index is -0.604. The summed E-state index contributed by atoms with van der Waals surface area (Å²) in [4.78, 5) is 10.9. The van der Waals surface area contributed by atoms with Gasteiger partial charge in [-0.1, -0.05) is 0 Å². The maximum absolute atomic E-state index is 10.9. The fraction of sp³-hybridized carbons (Fsp3) is 0.429. The monoisotopic (exact) mass is 169 g/mol. The standard InChI is InChI=1S/C7H11N3O2/c1-12-7(11)6(8)2-5-3-9-10-4-5/h3-4,6H,2,8H2,1H3,(H,9,10)/t6-/m0/s1. The molecule has 1 heterocycles. The Morgan fingerprint density at radius 3 is 3.17 bits per heavy atom. The number of ether oxygens (including phenoxy) is 1. The summed E-state index contributed by atoms with van der Waals surface area (Å²) in [5, 5.41) is 6.36. The lowest BCUT2D eigenvalue weighted by molar-refractivity contribution is -0.142. The Morgan fingerprint density at radius 2 is 2.67 bits per heavy atom. The number of aromatic amines is 1. The Balaban J connectivity index is 2.47. The summed E-state index contributed by atoms with van der Waals surface area (Å²) < 4.78 is 4.47. The highest BCUT2D eigenvalue weighted by Gasteiger charge is 2.14. The highest BCUT2D eigenvalue weighted by atomic mass is 16.5. The van der Waals surface area contributed by atoms with E-state index < -0.39 is 12.0 Å². The van der Waals surface area contributed by atoms with Crippen LogP contribution in [0.4, 0.5) is 0 Å². The number of H-pyrrole nitrogens is 1. The number of nitrogens with two attached hydrogens (primary N) is 1. The van der Waals surface area contributed by atoms with Crippen LogP contribution in [0.15, 0.2) is 12.4 Å². The van der Waals surface area contributed by atoms with Crippen molar-refractivity contribution >= 4 is 5.97 Å². The Bertz CT molecular complexity index is 245. The highest BCUT2D eigenvalue weighted by molar-refractivity contribution is 5.75. The lowest BCUT2D eigenvalue weighted by Crippen LogP contribution is -2.33. The van der Waals surface area contributed by atoms with Crippen molar-refractivity contribution in [3.63, 3.8) is 0 Å². The minimum Gasteiger partial charge on any atom is -0.468 e. The summed E-state index contributed by atoms with van der Waals surface area (Å²) in [7, 11) is 1.32. The van der Waals surface area contributed by atoms with Crippen molar-refractivity contribution in [2.24, 2.45) is 5.73 Å². The van der Waals surface area contributed by atoms with Gasteiger partial charge in [0.15, 0.2) is 0 Å². The van der Waals surface area contributed by atoms with Gasteiger partial charge in [0.25, 0.3) is 0 Å².